The minimum Gasteiger partial charge on any atom is -0.497 e. The van der Waals surface area contributed by atoms with Crippen molar-refractivity contribution in [2.45, 2.75) is 6.42 Å². The molecule has 2 heterocycles. The van der Waals surface area contributed by atoms with Gasteiger partial charge in [0.1, 0.15) is 11.6 Å². The number of hydrogen-bond donors (Lipinski definition) is 1. The normalized spacial score (nSPS) is 12.7. The van der Waals surface area contributed by atoms with Gasteiger partial charge in [0.15, 0.2) is 0 Å². The molecule has 0 atom stereocenters. The topological polar surface area (TPSA) is 54.5 Å². The van der Waals surface area contributed by atoms with Crippen LogP contribution in [0.1, 0.15) is 15.9 Å². The van der Waals surface area contributed by atoms with E-state index in [0.717, 1.165) is 41.1 Å². The summed E-state index contributed by atoms with van der Waals surface area (Å²) in [7, 11) is 1.66. The van der Waals surface area contributed by atoms with Gasteiger partial charge in [0.05, 0.1) is 12.6 Å². The van der Waals surface area contributed by atoms with Crippen LogP contribution in [0.3, 0.4) is 0 Å². The summed E-state index contributed by atoms with van der Waals surface area (Å²) in [5.74, 6) is 1.67. The number of amides is 1. The van der Waals surface area contributed by atoms with Crippen molar-refractivity contribution in [3.63, 3.8) is 0 Å². The van der Waals surface area contributed by atoms with E-state index >= 15 is 0 Å². The van der Waals surface area contributed by atoms with Crippen LogP contribution in [0.15, 0.2) is 61.2 Å². The first-order valence-electron chi connectivity index (χ1n) is 8.94. The first-order valence-corrected chi connectivity index (χ1v) is 8.94. The number of rotatable bonds is 5. The highest BCUT2D eigenvalue weighted by molar-refractivity contribution is 5.94. The minimum absolute atomic E-state index is 0.0977. The van der Waals surface area contributed by atoms with Gasteiger partial charge in [-0.25, -0.2) is 4.98 Å². The molecule has 1 aliphatic heterocycles. The van der Waals surface area contributed by atoms with Crippen LogP contribution < -0.4 is 15.0 Å². The van der Waals surface area contributed by atoms with E-state index in [4.69, 9.17) is 9.72 Å². The lowest BCUT2D eigenvalue weighted by atomic mass is 10.1. The molecule has 1 aliphatic rings. The van der Waals surface area contributed by atoms with Crippen molar-refractivity contribution < 1.29 is 9.53 Å². The number of benzene rings is 2. The largest absolute Gasteiger partial charge is 0.497 e. The van der Waals surface area contributed by atoms with E-state index in [1.54, 1.807) is 13.2 Å². The first kappa shape index (κ1) is 17.1. The number of nitrogens with one attached hydrogen (secondary N) is 1. The van der Waals surface area contributed by atoms with Gasteiger partial charge in [-0.2, -0.15) is 0 Å². The predicted octanol–water partition coefficient (Wildman–Crippen LogP) is 3.85. The molecule has 2 aromatic carbocycles. The summed E-state index contributed by atoms with van der Waals surface area (Å²) in [6.45, 7) is 4.94. The number of pyridine rings is 1. The van der Waals surface area contributed by atoms with Crippen LogP contribution in [0.5, 0.6) is 5.75 Å². The van der Waals surface area contributed by atoms with Crippen LogP contribution >= 0.6 is 0 Å². The Labute approximate surface area is 158 Å². The maximum atomic E-state index is 12.0. The summed E-state index contributed by atoms with van der Waals surface area (Å²) in [6.07, 6.45) is 2.62. The standard InChI is InChI=1S/C22H21N3O2/c1-3-11-23-22(26)15-4-7-18(8-5-15)25-12-10-17-13-16-6-9-19(27-2)14-20(16)24-21(17)25/h3-9,13-14H,1,10-12H2,2H3,(H,23,26). The molecule has 5 heteroatoms. The highest BCUT2D eigenvalue weighted by Gasteiger charge is 2.23. The van der Waals surface area contributed by atoms with Crippen LogP contribution in [0.4, 0.5) is 11.5 Å². The molecule has 0 saturated carbocycles. The minimum atomic E-state index is -0.0977. The van der Waals surface area contributed by atoms with Crippen LogP contribution in [-0.4, -0.2) is 31.1 Å². The number of anilines is 2. The van der Waals surface area contributed by atoms with Gasteiger partial charge >= 0.3 is 0 Å². The lowest BCUT2D eigenvalue weighted by Crippen LogP contribution is -2.23. The second-order valence-electron chi connectivity index (χ2n) is 6.48. The fourth-order valence-corrected chi connectivity index (χ4v) is 3.37. The maximum absolute atomic E-state index is 12.0. The van der Waals surface area contributed by atoms with Crippen molar-refractivity contribution in [3.05, 3.63) is 72.3 Å². The lowest BCUT2D eigenvalue weighted by molar-refractivity contribution is 0.0958. The van der Waals surface area contributed by atoms with E-state index in [1.807, 2.05) is 42.5 Å². The van der Waals surface area contributed by atoms with Gasteiger partial charge in [0.2, 0.25) is 0 Å². The monoisotopic (exact) mass is 359 g/mol. The first-order chi connectivity index (χ1) is 13.2. The quantitative estimate of drug-likeness (QED) is 0.703. The molecule has 1 amide bonds. The Morgan fingerprint density at radius 2 is 2.07 bits per heavy atom. The van der Waals surface area contributed by atoms with E-state index < -0.39 is 0 Å². The van der Waals surface area contributed by atoms with E-state index in [-0.39, 0.29) is 5.91 Å². The molecule has 3 aromatic rings. The predicted molar refractivity (Wildman–Crippen MR) is 108 cm³/mol. The summed E-state index contributed by atoms with van der Waals surface area (Å²) >= 11 is 0. The van der Waals surface area contributed by atoms with E-state index in [9.17, 15) is 4.79 Å². The van der Waals surface area contributed by atoms with Crippen molar-refractivity contribution in [2.75, 3.05) is 25.1 Å². The molecule has 0 bridgehead atoms. The zero-order valence-electron chi connectivity index (χ0n) is 15.2. The van der Waals surface area contributed by atoms with Gasteiger partial charge in [-0.15, -0.1) is 6.58 Å². The lowest BCUT2D eigenvalue weighted by Gasteiger charge is -2.19. The number of aromatic nitrogens is 1. The fourth-order valence-electron chi connectivity index (χ4n) is 3.37. The molecule has 0 fully saturated rings. The average molecular weight is 359 g/mol. The molecule has 1 N–H and O–H groups in total. The number of carbonyl (C=O) groups is 1. The van der Waals surface area contributed by atoms with Crippen LogP contribution in [0.25, 0.3) is 10.9 Å². The van der Waals surface area contributed by atoms with E-state index in [2.05, 4.69) is 22.9 Å². The summed E-state index contributed by atoms with van der Waals surface area (Å²) in [5.41, 5.74) is 3.82. The molecular formula is C22H21N3O2. The Hall–Kier alpha value is -3.34. The number of methoxy groups -OCH3 is 1. The molecule has 0 unspecified atom stereocenters. The number of fused-ring (bicyclic) bond motifs is 2. The smallest absolute Gasteiger partial charge is 0.251 e. The van der Waals surface area contributed by atoms with E-state index in [0.29, 0.717) is 12.1 Å². The Kier molecular flexibility index (Phi) is 4.50. The molecule has 0 aliphatic carbocycles. The van der Waals surface area contributed by atoms with Crippen molar-refractivity contribution in [3.8, 4) is 5.75 Å². The number of ether oxygens (including phenoxy) is 1. The third-order valence-electron chi connectivity index (χ3n) is 4.79. The highest BCUT2D eigenvalue weighted by Crippen LogP contribution is 2.35. The van der Waals surface area contributed by atoms with Crippen LogP contribution in [0, 0.1) is 0 Å². The second kappa shape index (κ2) is 7.11. The van der Waals surface area contributed by atoms with Gasteiger partial charge in [0, 0.05) is 35.8 Å². The number of hydrogen-bond acceptors (Lipinski definition) is 4. The third kappa shape index (κ3) is 3.24. The summed E-state index contributed by atoms with van der Waals surface area (Å²) in [4.78, 5) is 19.1. The van der Waals surface area contributed by atoms with Crippen LogP contribution in [0.2, 0.25) is 0 Å². The van der Waals surface area contributed by atoms with Crippen molar-refractivity contribution >= 4 is 28.3 Å². The third-order valence-corrected chi connectivity index (χ3v) is 4.79. The molecule has 5 nitrogen and oxygen atoms in total. The van der Waals surface area contributed by atoms with Gasteiger partial charge in [-0.1, -0.05) is 6.08 Å². The molecule has 1 aromatic heterocycles. The van der Waals surface area contributed by atoms with Crippen molar-refractivity contribution in [2.24, 2.45) is 0 Å². The van der Waals surface area contributed by atoms with E-state index in [1.165, 1.54) is 5.56 Å². The summed E-state index contributed by atoms with van der Waals surface area (Å²) in [5, 5.41) is 3.91. The van der Waals surface area contributed by atoms with Crippen molar-refractivity contribution in [1.82, 2.24) is 10.3 Å². The molecule has 0 spiro atoms. The average Bonchev–Trinajstić information content (AvgIpc) is 3.12. The number of carbonyl (C=O) groups excluding carboxylic acids is 1. The maximum Gasteiger partial charge on any atom is 0.251 e. The Morgan fingerprint density at radius 1 is 1.26 bits per heavy atom. The molecule has 27 heavy (non-hydrogen) atoms. The summed E-state index contributed by atoms with van der Waals surface area (Å²) < 4.78 is 5.32. The highest BCUT2D eigenvalue weighted by atomic mass is 16.5. The molecular weight excluding hydrogens is 338 g/mol. The van der Waals surface area contributed by atoms with Gasteiger partial charge in [-0.05, 0) is 54.4 Å². The second-order valence-corrected chi connectivity index (χ2v) is 6.48. The molecule has 4 rings (SSSR count). The zero-order chi connectivity index (χ0) is 18.8. The Morgan fingerprint density at radius 3 is 2.81 bits per heavy atom. The van der Waals surface area contributed by atoms with Crippen LogP contribution in [-0.2, 0) is 6.42 Å². The summed E-state index contributed by atoms with van der Waals surface area (Å²) in [6, 6.07) is 15.8. The molecule has 0 radical (unpaired) electrons. The van der Waals surface area contributed by atoms with Gasteiger partial charge in [-0.3, -0.25) is 4.79 Å². The number of nitrogens with zero attached hydrogens (tertiary/aromatic N) is 2. The fraction of sp³-hybridized carbons (Fsp3) is 0.182. The SMILES string of the molecule is C=CCNC(=O)c1ccc(N2CCc3cc4ccc(OC)cc4nc32)cc1. The van der Waals surface area contributed by atoms with Crippen molar-refractivity contribution in [1.29, 1.82) is 0 Å². The van der Waals surface area contributed by atoms with Gasteiger partial charge < -0.3 is 15.0 Å². The zero-order valence-corrected chi connectivity index (χ0v) is 15.2. The Bertz CT molecular complexity index is 1010. The van der Waals surface area contributed by atoms with Gasteiger partial charge in [0.25, 0.3) is 5.91 Å². The Balaban J connectivity index is 1.64. The molecule has 136 valence electrons. The molecule has 0 saturated heterocycles.